The van der Waals surface area contributed by atoms with E-state index in [1.54, 1.807) is 42.7 Å². The number of benzene rings is 2. The van der Waals surface area contributed by atoms with E-state index >= 15 is 0 Å². The number of aliphatic hydroxyl groups is 1. The molecule has 0 radical (unpaired) electrons. The number of aryl methyl sites for hydroxylation is 2. The number of hydrogen-bond acceptors (Lipinski definition) is 8. The minimum Gasteiger partial charge on any atom is -0.494 e. The third kappa shape index (κ3) is 5.56. The molecule has 2 aromatic heterocycles. The first-order chi connectivity index (χ1) is 18.4. The lowest BCUT2D eigenvalue weighted by Crippen LogP contribution is -2.10. The first-order valence-electron chi connectivity index (χ1n) is 12.4. The second kappa shape index (κ2) is 12.2. The second-order valence-electron chi connectivity index (χ2n) is 8.79. The maximum atomic E-state index is 13.3. The normalized spacial score (nSPS) is 11.0. The summed E-state index contributed by atoms with van der Waals surface area (Å²) in [6.07, 6.45) is 0.725. The first-order valence-corrected chi connectivity index (χ1v) is 13.3. The van der Waals surface area contributed by atoms with Gasteiger partial charge < -0.3 is 19.3 Å². The SMILES string of the molecule is CCc1cc(C(=O)CCC(=O)c2ccc(OCCO)c(OC)c2)nc(-c2csc3c(C)cccc23)c1OC. The molecule has 0 saturated heterocycles. The Hall–Kier alpha value is -3.75. The number of rotatable bonds is 12. The molecule has 8 heteroatoms. The van der Waals surface area contributed by atoms with Crippen molar-refractivity contribution in [2.75, 3.05) is 27.4 Å². The molecule has 2 aromatic carbocycles. The van der Waals surface area contributed by atoms with Gasteiger partial charge in [-0.2, -0.15) is 0 Å². The van der Waals surface area contributed by atoms with Crippen molar-refractivity contribution in [2.24, 2.45) is 0 Å². The molecular weight excluding hydrogens is 502 g/mol. The minimum atomic E-state index is -0.206. The number of carbonyl (C=O) groups excluding carboxylic acids is 2. The molecule has 0 fully saturated rings. The molecule has 198 valence electrons. The highest BCUT2D eigenvalue weighted by Gasteiger charge is 2.21. The Morgan fingerprint density at radius 2 is 1.79 bits per heavy atom. The van der Waals surface area contributed by atoms with Gasteiger partial charge in [-0.15, -0.1) is 11.3 Å². The van der Waals surface area contributed by atoms with Gasteiger partial charge in [-0.3, -0.25) is 9.59 Å². The number of aromatic nitrogens is 1. The average molecular weight is 534 g/mol. The van der Waals surface area contributed by atoms with Crippen LogP contribution in [0.3, 0.4) is 0 Å². The molecule has 0 aliphatic carbocycles. The molecule has 0 spiro atoms. The Labute approximate surface area is 226 Å². The van der Waals surface area contributed by atoms with Crippen LogP contribution in [-0.2, 0) is 6.42 Å². The molecule has 1 N–H and O–H groups in total. The topological polar surface area (TPSA) is 95.0 Å². The summed E-state index contributed by atoms with van der Waals surface area (Å²) in [6.45, 7) is 4.08. The van der Waals surface area contributed by atoms with Gasteiger partial charge in [0, 0.05) is 39.4 Å². The molecule has 38 heavy (non-hydrogen) atoms. The lowest BCUT2D eigenvalue weighted by Gasteiger charge is -2.14. The fraction of sp³-hybridized carbons (Fsp3) is 0.300. The fourth-order valence-corrected chi connectivity index (χ4v) is 5.44. The third-order valence-electron chi connectivity index (χ3n) is 6.39. The average Bonchev–Trinajstić information content (AvgIpc) is 3.39. The van der Waals surface area contributed by atoms with Gasteiger partial charge in [0.2, 0.25) is 0 Å². The lowest BCUT2D eigenvalue weighted by atomic mass is 9.99. The summed E-state index contributed by atoms with van der Waals surface area (Å²) in [5.74, 6) is 1.10. The predicted octanol–water partition coefficient (Wildman–Crippen LogP) is 6.07. The Morgan fingerprint density at radius 1 is 1.00 bits per heavy atom. The lowest BCUT2D eigenvalue weighted by molar-refractivity contribution is 0.0914. The number of ether oxygens (including phenoxy) is 3. The van der Waals surface area contributed by atoms with Crippen LogP contribution in [0.15, 0.2) is 47.8 Å². The molecule has 2 heterocycles. The number of aliphatic hydroxyl groups excluding tert-OH is 1. The van der Waals surface area contributed by atoms with E-state index in [0.717, 1.165) is 16.5 Å². The molecule has 0 atom stereocenters. The quantitative estimate of drug-likeness (QED) is 0.221. The van der Waals surface area contributed by atoms with Crippen molar-refractivity contribution in [3.8, 4) is 28.5 Å². The van der Waals surface area contributed by atoms with Gasteiger partial charge in [0.25, 0.3) is 0 Å². The van der Waals surface area contributed by atoms with Gasteiger partial charge in [-0.25, -0.2) is 4.98 Å². The maximum Gasteiger partial charge on any atom is 0.181 e. The molecule has 0 unspecified atom stereocenters. The maximum absolute atomic E-state index is 13.3. The van der Waals surface area contributed by atoms with Crippen molar-refractivity contribution in [1.29, 1.82) is 0 Å². The summed E-state index contributed by atoms with van der Waals surface area (Å²) >= 11 is 1.65. The molecule has 0 saturated carbocycles. The summed E-state index contributed by atoms with van der Waals surface area (Å²) in [5.41, 5.74) is 4.39. The second-order valence-corrected chi connectivity index (χ2v) is 9.67. The van der Waals surface area contributed by atoms with E-state index in [2.05, 4.69) is 24.4 Å². The van der Waals surface area contributed by atoms with E-state index in [0.29, 0.717) is 40.6 Å². The van der Waals surface area contributed by atoms with E-state index in [1.807, 2.05) is 13.0 Å². The number of fused-ring (bicyclic) bond motifs is 1. The van der Waals surface area contributed by atoms with Crippen LogP contribution in [0.1, 0.15) is 51.7 Å². The summed E-state index contributed by atoms with van der Waals surface area (Å²) in [5, 5.41) is 12.1. The number of nitrogens with zero attached hydrogens (tertiary/aromatic N) is 1. The Kier molecular flexibility index (Phi) is 8.76. The molecule has 0 aliphatic heterocycles. The fourth-order valence-electron chi connectivity index (χ4n) is 4.40. The zero-order valence-electron chi connectivity index (χ0n) is 22.0. The van der Waals surface area contributed by atoms with Crippen LogP contribution in [0, 0.1) is 6.92 Å². The third-order valence-corrected chi connectivity index (χ3v) is 7.52. The van der Waals surface area contributed by atoms with Crippen molar-refractivity contribution < 1.29 is 28.9 Å². The van der Waals surface area contributed by atoms with Crippen LogP contribution in [0.4, 0.5) is 0 Å². The molecule has 0 amide bonds. The zero-order valence-corrected chi connectivity index (χ0v) is 22.8. The molecule has 0 bridgehead atoms. The van der Waals surface area contributed by atoms with Crippen LogP contribution in [-0.4, -0.2) is 49.1 Å². The van der Waals surface area contributed by atoms with Crippen molar-refractivity contribution >= 4 is 33.0 Å². The van der Waals surface area contributed by atoms with E-state index in [9.17, 15) is 9.59 Å². The summed E-state index contributed by atoms with van der Waals surface area (Å²) in [4.78, 5) is 30.9. The van der Waals surface area contributed by atoms with E-state index < -0.39 is 0 Å². The molecule has 7 nitrogen and oxygen atoms in total. The largest absolute Gasteiger partial charge is 0.494 e. The van der Waals surface area contributed by atoms with Crippen molar-refractivity contribution in [3.05, 3.63) is 70.2 Å². The highest BCUT2D eigenvalue weighted by molar-refractivity contribution is 7.18. The van der Waals surface area contributed by atoms with Gasteiger partial charge in [0.05, 0.1) is 20.8 Å². The monoisotopic (exact) mass is 533 g/mol. The number of ketones is 2. The van der Waals surface area contributed by atoms with Gasteiger partial charge in [0.1, 0.15) is 23.7 Å². The van der Waals surface area contributed by atoms with Gasteiger partial charge in [0.15, 0.2) is 23.1 Å². The van der Waals surface area contributed by atoms with Crippen LogP contribution >= 0.6 is 11.3 Å². The number of carbonyl (C=O) groups is 2. The molecule has 4 aromatic rings. The van der Waals surface area contributed by atoms with Crippen LogP contribution in [0.25, 0.3) is 21.3 Å². The highest BCUT2D eigenvalue weighted by Crippen LogP contribution is 2.40. The first kappa shape index (κ1) is 27.3. The Morgan fingerprint density at radius 3 is 2.50 bits per heavy atom. The standard InChI is InChI=1S/C30H31NO6S/c1-5-19-15-23(31-28(29(19)36-4)22-17-38-30-18(2)7-6-8-21(22)30)25(34)11-10-24(33)20-9-12-26(37-14-13-32)27(16-20)35-3/h6-9,12,15-17,32H,5,10-11,13-14H2,1-4H3. The predicted molar refractivity (Wildman–Crippen MR) is 149 cm³/mol. The number of Topliss-reactive ketones (excluding diaryl/α,β-unsaturated/α-hetero) is 2. The Bertz CT molecular complexity index is 1480. The molecular formula is C30H31NO6S. The van der Waals surface area contributed by atoms with E-state index in [-0.39, 0.29) is 37.6 Å². The number of hydrogen-bond donors (Lipinski definition) is 1. The number of thiophene rings is 1. The zero-order chi connectivity index (χ0) is 27.2. The summed E-state index contributed by atoms with van der Waals surface area (Å²) < 4.78 is 17.7. The van der Waals surface area contributed by atoms with Gasteiger partial charge in [-0.1, -0.05) is 25.1 Å². The summed E-state index contributed by atoms with van der Waals surface area (Å²) in [6, 6.07) is 12.8. The van der Waals surface area contributed by atoms with Crippen molar-refractivity contribution in [3.63, 3.8) is 0 Å². The number of methoxy groups -OCH3 is 2. The number of pyridine rings is 1. The van der Waals surface area contributed by atoms with E-state index in [1.165, 1.54) is 17.4 Å². The van der Waals surface area contributed by atoms with Crippen molar-refractivity contribution in [2.45, 2.75) is 33.1 Å². The summed E-state index contributed by atoms with van der Waals surface area (Å²) in [7, 11) is 3.10. The van der Waals surface area contributed by atoms with Gasteiger partial charge in [-0.05, 0) is 48.7 Å². The Balaban J connectivity index is 1.59. The van der Waals surface area contributed by atoms with Crippen LogP contribution in [0.5, 0.6) is 17.2 Å². The molecule has 0 aliphatic rings. The van der Waals surface area contributed by atoms with Gasteiger partial charge >= 0.3 is 0 Å². The highest BCUT2D eigenvalue weighted by atomic mass is 32.1. The van der Waals surface area contributed by atoms with Crippen LogP contribution in [0.2, 0.25) is 0 Å². The molecule has 4 rings (SSSR count). The van der Waals surface area contributed by atoms with Crippen molar-refractivity contribution in [1.82, 2.24) is 4.98 Å². The minimum absolute atomic E-state index is 0.0231. The van der Waals surface area contributed by atoms with Crippen LogP contribution < -0.4 is 14.2 Å². The van der Waals surface area contributed by atoms with E-state index in [4.69, 9.17) is 24.3 Å². The smallest absolute Gasteiger partial charge is 0.181 e.